The largest absolute Gasteiger partial charge is 0.505 e. The van der Waals surface area contributed by atoms with Crippen LogP contribution in [0.25, 0.3) is 10.9 Å². The summed E-state index contributed by atoms with van der Waals surface area (Å²) >= 11 is 18.4. The van der Waals surface area contributed by atoms with Gasteiger partial charge in [0.1, 0.15) is 11.3 Å². The molecule has 2 aromatic carbocycles. The lowest BCUT2D eigenvalue weighted by Crippen LogP contribution is -2.07. The van der Waals surface area contributed by atoms with Crippen molar-refractivity contribution in [3.8, 4) is 5.75 Å². The molecule has 0 aliphatic carbocycles. The Balaban J connectivity index is 1.85. The third-order valence-corrected chi connectivity index (χ3v) is 5.63. The van der Waals surface area contributed by atoms with Crippen molar-refractivity contribution in [2.45, 2.75) is 12.3 Å². The fourth-order valence-corrected chi connectivity index (χ4v) is 3.81. The third-order valence-electron chi connectivity index (χ3n) is 4.68. The standard InChI is InChI=1S/C22H15Cl3N2O/c23-15-5-1-3-14(9-15)18(10-16-11-19(24)20(25)12-27-16)17-7-6-13-4-2-8-26-21(13)22(17)28/h1-9,11-12,18,28H,10H2. The number of hydrogen-bond donors (Lipinski definition) is 1. The molecule has 0 fully saturated rings. The molecule has 4 rings (SSSR count). The van der Waals surface area contributed by atoms with E-state index >= 15 is 0 Å². The topological polar surface area (TPSA) is 46.0 Å². The van der Waals surface area contributed by atoms with Crippen molar-refractivity contribution in [3.63, 3.8) is 0 Å². The van der Waals surface area contributed by atoms with Gasteiger partial charge in [-0.15, -0.1) is 0 Å². The van der Waals surface area contributed by atoms with Gasteiger partial charge in [-0.3, -0.25) is 9.97 Å². The Bertz CT molecular complexity index is 1160. The fourth-order valence-electron chi connectivity index (χ4n) is 3.33. The van der Waals surface area contributed by atoms with E-state index < -0.39 is 0 Å². The second kappa shape index (κ2) is 7.96. The van der Waals surface area contributed by atoms with E-state index in [9.17, 15) is 5.11 Å². The maximum Gasteiger partial charge on any atom is 0.145 e. The van der Waals surface area contributed by atoms with Gasteiger partial charge >= 0.3 is 0 Å². The highest BCUT2D eigenvalue weighted by molar-refractivity contribution is 6.41. The number of phenolic OH excluding ortho intramolecular Hbond substituents is 1. The van der Waals surface area contributed by atoms with Gasteiger partial charge in [0, 0.05) is 46.4 Å². The second-order valence-electron chi connectivity index (χ2n) is 6.48. The van der Waals surface area contributed by atoms with E-state index in [1.54, 1.807) is 12.3 Å². The van der Waals surface area contributed by atoms with Crippen LogP contribution in [-0.4, -0.2) is 15.1 Å². The average molecular weight is 430 g/mol. The smallest absolute Gasteiger partial charge is 0.145 e. The lowest BCUT2D eigenvalue weighted by Gasteiger charge is -2.20. The van der Waals surface area contributed by atoms with Gasteiger partial charge in [0.2, 0.25) is 0 Å². The van der Waals surface area contributed by atoms with Gasteiger partial charge in [0.05, 0.1) is 10.0 Å². The summed E-state index contributed by atoms with van der Waals surface area (Å²) in [6.07, 6.45) is 3.72. The van der Waals surface area contributed by atoms with Crippen LogP contribution < -0.4 is 0 Å². The molecule has 0 radical (unpaired) electrons. The summed E-state index contributed by atoms with van der Waals surface area (Å²) in [5.74, 6) is -0.0296. The number of aromatic hydroxyl groups is 1. The summed E-state index contributed by atoms with van der Waals surface area (Å²) in [7, 11) is 0. The van der Waals surface area contributed by atoms with Crippen LogP contribution >= 0.6 is 34.8 Å². The van der Waals surface area contributed by atoms with Crippen LogP contribution in [0.2, 0.25) is 15.1 Å². The molecular weight excluding hydrogens is 415 g/mol. The summed E-state index contributed by atoms with van der Waals surface area (Å²) in [5, 5.41) is 13.3. The van der Waals surface area contributed by atoms with E-state index in [0.29, 0.717) is 27.0 Å². The maximum atomic E-state index is 11.0. The maximum absolute atomic E-state index is 11.0. The lowest BCUT2D eigenvalue weighted by molar-refractivity contribution is 0.469. The van der Waals surface area contributed by atoms with Crippen molar-refractivity contribution in [2.24, 2.45) is 0 Å². The van der Waals surface area contributed by atoms with Crippen LogP contribution in [0.3, 0.4) is 0 Å². The summed E-state index contributed by atoms with van der Waals surface area (Å²) in [4.78, 5) is 8.74. The second-order valence-corrected chi connectivity index (χ2v) is 7.73. The van der Waals surface area contributed by atoms with Gasteiger partial charge in [-0.2, -0.15) is 0 Å². The number of hydrogen-bond acceptors (Lipinski definition) is 3. The van der Waals surface area contributed by atoms with Gasteiger partial charge in [-0.05, 0) is 29.8 Å². The predicted molar refractivity (Wildman–Crippen MR) is 115 cm³/mol. The molecular formula is C22H15Cl3N2O. The monoisotopic (exact) mass is 428 g/mol. The SMILES string of the molecule is Oc1c(C(Cc2cc(Cl)c(Cl)cn2)c2cccc(Cl)c2)ccc2cccnc12. The number of benzene rings is 2. The van der Waals surface area contributed by atoms with E-state index in [1.807, 2.05) is 48.5 Å². The first kappa shape index (κ1) is 19.0. The molecule has 1 N–H and O–H groups in total. The molecule has 2 heterocycles. The number of pyridine rings is 2. The van der Waals surface area contributed by atoms with Gasteiger partial charge in [-0.1, -0.05) is 65.1 Å². The molecule has 1 unspecified atom stereocenters. The minimum absolute atomic E-state index is 0.156. The molecule has 3 nitrogen and oxygen atoms in total. The normalized spacial score (nSPS) is 12.2. The molecule has 4 aromatic rings. The zero-order chi connectivity index (χ0) is 19.7. The molecule has 2 aromatic heterocycles. The average Bonchev–Trinajstić information content (AvgIpc) is 2.70. The molecule has 140 valence electrons. The van der Waals surface area contributed by atoms with Crippen LogP contribution in [0, 0.1) is 0 Å². The quantitative estimate of drug-likeness (QED) is 0.394. The number of aromatic nitrogens is 2. The third kappa shape index (κ3) is 3.79. The Morgan fingerprint density at radius 3 is 2.54 bits per heavy atom. The first-order valence-electron chi connectivity index (χ1n) is 8.65. The first-order chi connectivity index (χ1) is 13.5. The van der Waals surface area contributed by atoms with Gasteiger partial charge in [0.15, 0.2) is 0 Å². The molecule has 0 bridgehead atoms. The summed E-state index contributed by atoms with van der Waals surface area (Å²) < 4.78 is 0. The molecule has 0 aliphatic heterocycles. The van der Waals surface area contributed by atoms with Crippen LogP contribution in [0.5, 0.6) is 5.75 Å². The van der Waals surface area contributed by atoms with Crippen molar-refractivity contribution in [1.29, 1.82) is 0 Å². The number of nitrogens with zero attached hydrogens (tertiary/aromatic N) is 2. The van der Waals surface area contributed by atoms with E-state index in [4.69, 9.17) is 34.8 Å². The Labute approximate surface area is 177 Å². The van der Waals surface area contributed by atoms with E-state index in [0.717, 1.165) is 22.2 Å². The predicted octanol–water partition coefficient (Wildman–Crippen LogP) is 6.67. The molecule has 0 spiro atoms. The molecule has 28 heavy (non-hydrogen) atoms. The summed E-state index contributed by atoms with van der Waals surface area (Å²) in [5.41, 5.74) is 3.04. The minimum Gasteiger partial charge on any atom is -0.505 e. The fraction of sp³-hybridized carbons (Fsp3) is 0.0909. The number of rotatable bonds is 4. The van der Waals surface area contributed by atoms with Crippen LogP contribution in [0.4, 0.5) is 0 Å². The Kier molecular flexibility index (Phi) is 5.40. The Morgan fingerprint density at radius 2 is 1.75 bits per heavy atom. The van der Waals surface area contributed by atoms with Crippen LogP contribution in [-0.2, 0) is 6.42 Å². The number of phenols is 1. The van der Waals surface area contributed by atoms with Gasteiger partial charge < -0.3 is 5.11 Å². The minimum atomic E-state index is -0.185. The molecule has 0 amide bonds. The van der Waals surface area contributed by atoms with Gasteiger partial charge in [0.25, 0.3) is 0 Å². The van der Waals surface area contributed by atoms with E-state index in [2.05, 4.69) is 9.97 Å². The highest BCUT2D eigenvalue weighted by atomic mass is 35.5. The zero-order valence-corrected chi connectivity index (χ0v) is 16.9. The van der Waals surface area contributed by atoms with E-state index in [-0.39, 0.29) is 11.7 Å². The van der Waals surface area contributed by atoms with Crippen LogP contribution in [0.1, 0.15) is 22.7 Å². The highest BCUT2D eigenvalue weighted by Gasteiger charge is 2.21. The summed E-state index contributed by atoms with van der Waals surface area (Å²) in [6, 6.07) is 17.0. The Hall–Kier alpha value is -2.33. The van der Waals surface area contributed by atoms with Crippen molar-refractivity contribution < 1.29 is 5.11 Å². The van der Waals surface area contributed by atoms with Crippen molar-refractivity contribution in [1.82, 2.24) is 9.97 Å². The molecule has 1 atom stereocenters. The lowest BCUT2D eigenvalue weighted by atomic mass is 9.86. The first-order valence-corrected chi connectivity index (χ1v) is 9.78. The highest BCUT2D eigenvalue weighted by Crippen LogP contribution is 2.38. The van der Waals surface area contributed by atoms with Crippen molar-refractivity contribution in [2.75, 3.05) is 0 Å². The molecule has 6 heteroatoms. The van der Waals surface area contributed by atoms with Crippen molar-refractivity contribution in [3.05, 3.63) is 98.9 Å². The zero-order valence-electron chi connectivity index (χ0n) is 14.6. The van der Waals surface area contributed by atoms with Crippen molar-refractivity contribution >= 4 is 45.7 Å². The van der Waals surface area contributed by atoms with Crippen LogP contribution in [0.15, 0.2) is 67.0 Å². The number of fused-ring (bicyclic) bond motifs is 1. The molecule has 0 saturated carbocycles. The Morgan fingerprint density at radius 1 is 0.893 bits per heavy atom. The van der Waals surface area contributed by atoms with Gasteiger partial charge in [-0.25, -0.2) is 0 Å². The molecule has 0 saturated heterocycles. The number of halogens is 3. The van der Waals surface area contributed by atoms with E-state index in [1.165, 1.54) is 6.20 Å². The molecule has 0 aliphatic rings. The summed E-state index contributed by atoms with van der Waals surface area (Å²) in [6.45, 7) is 0.